The summed E-state index contributed by atoms with van der Waals surface area (Å²) in [6.45, 7) is 0.671. The minimum absolute atomic E-state index is 0.0595. The van der Waals surface area contributed by atoms with Gasteiger partial charge in [0.05, 0.1) is 11.1 Å². The summed E-state index contributed by atoms with van der Waals surface area (Å²) in [5.74, 6) is -0.376. The Labute approximate surface area is 126 Å². The van der Waals surface area contributed by atoms with Crippen molar-refractivity contribution in [2.45, 2.75) is 12.5 Å². The highest BCUT2D eigenvalue weighted by molar-refractivity contribution is 6.30. The van der Waals surface area contributed by atoms with Crippen molar-refractivity contribution in [2.75, 3.05) is 19.7 Å². The summed E-state index contributed by atoms with van der Waals surface area (Å²) in [6, 6.07) is 3.46. The van der Waals surface area contributed by atoms with Crippen LogP contribution in [0.25, 0.3) is 5.65 Å². The quantitative estimate of drug-likeness (QED) is 0.860. The molecule has 0 unspecified atom stereocenters. The van der Waals surface area contributed by atoms with Crippen molar-refractivity contribution in [3.63, 3.8) is 0 Å². The van der Waals surface area contributed by atoms with Crippen molar-refractivity contribution in [2.24, 2.45) is 5.92 Å². The van der Waals surface area contributed by atoms with Crippen LogP contribution in [0.15, 0.2) is 24.5 Å². The van der Waals surface area contributed by atoms with Crippen molar-refractivity contribution >= 4 is 23.2 Å². The molecule has 0 bridgehead atoms. The van der Waals surface area contributed by atoms with E-state index in [4.69, 9.17) is 16.7 Å². The Morgan fingerprint density at radius 3 is 2.95 bits per heavy atom. The number of halogens is 1. The lowest BCUT2D eigenvalue weighted by molar-refractivity contribution is 0.000685. The Morgan fingerprint density at radius 1 is 1.43 bits per heavy atom. The predicted molar refractivity (Wildman–Crippen MR) is 77.3 cm³/mol. The summed E-state index contributed by atoms with van der Waals surface area (Å²) in [7, 11) is 0. The van der Waals surface area contributed by atoms with E-state index in [9.17, 15) is 9.90 Å². The van der Waals surface area contributed by atoms with E-state index >= 15 is 0 Å². The third kappa shape index (κ3) is 2.74. The van der Waals surface area contributed by atoms with Crippen LogP contribution in [0.3, 0.4) is 0 Å². The molecule has 0 aliphatic carbocycles. The first-order valence-electron chi connectivity index (χ1n) is 6.81. The van der Waals surface area contributed by atoms with Crippen LogP contribution in [0.2, 0.25) is 5.02 Å². The first kappa shape index (κ1) is 14.3. The van der Waals surface area contributed by atoms with E-state index in [-0.39, 0.29) is 25.0 Å². The summed E-state index contributed by atoms with van der Waals surface area (Å²) < 4.78 is 1.70. The van der Waals surface area contributed by atoms with Gasteiger partial charge in [0.1, 0.15) is 11.3 Å². The Kier molecular flexibility index (Phi) is 3.84. The zero-order valence-electron chi connectivity index (χ0n) is 11.3. The monoisotopic (exact) mass is 309 g/mol. The van der Waals surface area contributed by atoms with E-state index in [0.717, 1.165) is 0 Å². The molecular formula is C14H16ClN3O3. The normalized spacial score (nSPS) is 22.7. The third-order valence-electron chi connectivity index (χ3n) is 3.88. The van der Waals surface area contributed by atoms with E-state index in [1.165, 1.54) is 0 Å². The molecular weight excluding hydrogens is 294 g/mol. The SMILES string of the molecule is O=C(c1cn2cc(Cl)ccc2n1)N1CC[C@H](CO)[C@H](O)C1. The number of nitrogens with zero attached hydrogens (tertiary/aromatic N) is 3. The van der Waals surface area contributed by atoms with E-state index in [0.29, 0.717) is 29.3 Å². The number of carbonyl (C=O) groups is 1. The highest BCUT2D eigenvalue weighted by Crippen LogP contribution is 2.19. The molecule has 3 rings (SSSR count). The number of aliphatic hydroxyl groups is 2. The average Bonchev–Trinajstić information content (AvgIpc) is 2.89. The van der Waals surface area contributed by atoms with Gasteiger partial charge in [-0.25, -0.2) is 4.98 Å². The number of piperidine rings is 1. The molecule has 2 N–H and O–H groups in total. The van der Waals surface area contributed by atoms with Crippen molar-refractivity contribution in [1.29, 1.82) is 0 Å². The first-order valence-corrected chi connectivity index (χ1v) is 7.18. The van der Waals surface area contributed by atoms with E-state index < -0.39 is 6.10 Å². The number of pyridine rings is 1. The van der Waals surface area contributed by atoms with Crippen LogP contribution in [0.4, 0.5) is 0 Å². The Morgan fingerprint density at radius 2 is 2.24 bits per heavy atom. The number of likely N-dealkylation sites (tertiary alicyclic amines) is 1. The number of carbonyl (C=O) groups excluding carboxylic acids is 1. The van der Waals surface area contributed by atoms with Gasteiger partial charge in [0.25, 0.3) is 5.91 Å². The molecule has 0 aromatic carbocycles. The third-order valence-corrected chi connectivity index (χ3v) is 4.10. The smallest absolute Gasteiger partial charge is 0.274 e. The van der Waals surface area contributed by atoms with Gasteiger partial charge in [-0.15, -0.1) is 0 Å². The fraction of sp³-hybridized carbons (Fsp3) is 0.429. The lowest BCUT2D eigenvalue weighted by atomic mass is 9.94. The van der Waals surface area contributed by atoms with Crippen molar-refractivity contribution < 1.29 is 15.0 Å². The molecule has 2 aromatic rings. The molecule has 7 heteroatoms. The summed E-state index contributed by atoms with van der Waals surface area (Å²) in [5, 5.41) is 19.6. The van der Waals surface area contributed by atoms with Crippen molar-refractivity contribution in [1.82, 2.24) is 14.3 Å². The van der Waals surface area contributed by atoms with Gasteiger partial charge in [0.15, 0.2) is 0 Å². The molecule has 1 aliphatic heterocycles. The van der Waals surface area contributed by atoms with Crippen LogP contribution in [0.5, 0.6) is 0 Å². The summed E-state index contributed by atoms with van der Waals surface area (Å²) in [5.41, 5.74) is 0.973. The van der Waals surface area contributed by atoms with Gasteiger partial charge < -0.3 is 19.5 Å². The molecule has 21 heavy (non-hydrogen) atoms. The molecule has 0 saturated carbocycles. The minimum Gasteiger partial charge on any atom is -0.396 e. The molecule has 3 heterocycles. The van der Waals surface area contributed by atoms with Gasteiger partial charge in [0.2, 0.25) is 0 Å². The number of hydrogen-bond donors (Lipinski definition) is 2. The van der Waals surface area contributed by atoms with Crippen molar-refractivity contribution in [3.05, 3.63) is 35.2 Å². The summed E-state index contributed by atoms with van der Waals surface area (Å²) >= 11 is 5.91. The maximum absolute atomic E-state index is 12.4. The summed E-state index contributed by atoms with van der Waals surface area (Å²) in [4.78, 5) is 18.3. The second-order valence-electron chi connectivity index (χ2n) is 5.29. The van der Waals surface area contributed by atoms with Gasteiger partial charge in [0, 0.05) is 38.0 Å². The number of aliphatic hydroxyl groups excluding tert-OH is 2. The highest BCUT2D eigenvalue weighted by atomic mass is 35.5. The topological polar surface area (TPSA) is 78.1 Å². The molecule has 6 nitrogen and oxygen atoms in total. The van der Waals surface area contributed by atoms with E-state index in [1.807, 2.05) is 0 Å². The van der Waals surface area contributed by atoms with Crippen LogP contribution in [-0.2, 0) is 0 Å². The van der Waals surface area contributed by atoms with Crippen LogP contribution >= 0.6 is 11.6 Å². The largest absolute Gasteiger partial charge is 0.396 e. The number of imidazole rings is 1. The molecule has 1 saturated heterocycles. The lowest BCUT2D eigenvalue weighted by Gasteiger charge is -2.34. The maximum atomic E-state index is 12.4. The fourth-order valence-electron chi connectivity index (χ4n) is 2.61. The number of aromatic nitrogens is 2. The molecule has 1 aliphatic rings. The Bertz CT molecular complexity index is 673. The van der Waals surface area contributed by atoms with Gasteiger partial charge in [-0.05, 0) is 18.6 Å². The van der Waals surface area contributed by atoms with Gasteiger partial charge in [-0.2, -0.15) is 0 Å². The van der Waals surface area contributed by atoms with Crippen LogP contribution in [0, 0.1) is 5.92 Å². The van der Waals surface area contributed by atoms with Crippen LogP contribution in [0.1, 0.15) is 16.9 Å². The van der Waals surface area contributed by atoms with Gasteiger partial charge >= 0.3 is 0 Å². The number of amides is 1. The van der Waals surface area contributed by atoms with E-state index in [1.54, 1.807) is 33.8 Å². The maximum Gasteiger partial charge on any atom is 0.274 e. The Balaban J connectivity index is 1.80. The molecule has 1 amide bonds. The molecule has 0 radical (unpaired) electrons. The zero-order chi connectivity index (χ0) is 15.0. The lowest BCUT2D eigenvalue weighted by Crippen LogP contribution is -2.47. The van der Waals surface area contributed by atoms with Crippen LogP contribution < -0.4 is 0 Å². The standard InChI is InChI=1S/C14H16ClN3O3/c15-10-1-2-13-16-11(6-18(13)5-10)14(21)17-4-3-9(8-19)12(20)7-17/h1-2,5-6,9,12,19-20H,3-4,7-8H2/t9-,12-/m1/s1. The molecule has 2 aromatic heterocycles. The summed E-state index contributed by atoms with van der Waals surface area (Å²) in [6.07, 6.45) is 3.21. The number of rotatable bonds is 2. The number of β-amino-alcohol motifs (C(OH)–C–C–N with tert-alkyl or cyclic N) is 1. The predicted octanol–water partition coefficient (Wildman–Crippen LogP) is 0.803. The number of hydrogen-bond acceptors (Lipinski definition) is 4. The molecule has 112 valence electrons. The van der Waals surface area contributed by atoms with Gasteiger partial charge in [-0.1, -0.05) is 11.6 Å². The molecule has 1 fully saturated rings. The van der Waals surface area contributed by atoms with Gasteiger partial charge in [-0.3, -0.25) is 4.79 Å². The first-order chi connectivity index (χ1) is 10.1. The second kappa shape index (κ2) is 5.63. The minimum atomic E-state index is -0.695. The van der Waals surface area contributed by atoms with E-state index in [2.05, 4.69) is 4.98 Å². The van der Waals surface area contributed by atoms with Crippen LogP contribution in [-0.4, -0.2) is 56.2 Å². The molecule has 2 atom stereocenters. The highest BCUT2D eigenvalue weighted by Gasteiger charge is 2.30. The second-order valence-corrected chi connectivity index (χ2v) is 5.73. The molecule has 0 spiro atoms. The fourth-order valence-corrected chi connectivity index (χ4v) is 2.78. The Hall–Kier alpha value is -1.63. The average molecular weight is 310 g/mol. The zero-order valence-corrected chi connectivity index (χ0v) is 12.1. The van der Waals surface area contributed by atoms with Crippen molar-refractivity contribution in [3.8, 4) is 0 Å². The number of fused-ring (bicyclic) bond motifs is 1.